The molecule has 1 N–H and O–H groups in total. The molecule has 4 aromatic rings. The molecule has 0 fully saturated rings. The Morgan fingerprint density at radius 3 is 2.33 bits per heavy atom. The van der Waals surface area contributed by atoms with Gasteiger partial charge in [0, 0.05) is 33.3 Å². The number of carbonyl (C=O) groups excluding carboxylic acids is 2. The Balaban J connectivity index is 1.77. The van der Waals surface area contributed by atoms with Gasteiger partial charge in [-0.3, -0.25) is 14.7 Å². The molecule has 27 heavy (non-hydrogen) atoms. The first-order valence-electron chi connectivity index (χ1n) is 8.35. The van der Waals surface area contributed by atoms with Crippen molar-refractivity contribution in [2.24, 2.45) is 0 Å². The van der Waals surface area contributed by atoms with Crippen LogP contribution in [0.3, 0.4) is 0 Å². The zero-order chi connectivity index (χ0) is 18.5. The van der Waals surface area contributed by atoms with Crippen LogP contribution in [0.5, 0.6) is 0 Å². The van der Waals surface area contributed by atoms with Crippen molar-refractivity contribution < 1.29 is 9.59 Å². The van der Waals surface area contributed by atoms with E-state index in [-0.39, 0.29) is 11.8 Å². The molecular formula is C21H12ClN3O2. The van der Waals surface area contributed by atoms with Crippen LogP contribution in [0.15, 0.2) is 66.9 Å². The van der Waals surface area contributed by atoms with Crippen LogP contribution in [0, 0.1) is 0 Å². The summed E-state index contributed by atoms with van der Waals surface area (Å²) in [5, 5.41) is 8.90. The molecule has 0 atom stereocenters. The SMILES string of the molecule is O=C1c2cccc3c(-c4ccn[nH]4)ccc(c23)C(=O)N1c1cccc(Cl)c1. The summed E-state index contributed by atoms with van der Waals surface area (Å²) in [6.45, 7) is 0. The van der Waals surface area contributed by atoms with E-state index in [1.807, 2.05) is 24.3 Å². The zero-order valence-electron chi connectivity index (χ0n) is 13.9. The highest BCUT2D eigenvalue weighted by Crippen LogP contribution is 2.37. The Labute approximate surface area is 159 Å². The van der Waals surface area contributed by atoms with Crippen LogP contribution in [0.25, 0.3) is 22.0 Å². The van der Waals surface area contributed by atoms with Gasteiger partial charge >= 0.3 is 0 Å². The minimum atomic E-state index is -0.359. The van der Waals surface area contributed by atoms with Crippen molar-refractivity contribution in [1.82, 2.24) is 10.2 Å². The van der Waals surface area contributed by atoms with Gasteiger partial charge in [0.2, 0.25) is 0 Å². The summed E-state index contributed by atoms with van der Waals surface area (Å²) >= 11 is 6.06. The summed E-state index contributed by atoms with van der Waals surface area (Å²) in [5.74, 6) is -0.718. The van der Waals surface area contributed by atoms with Crippen molar-refractivity contribution in [3.63, 3.8) is 0 Å². The van der Waals surface area contributed by atoms with Crippen molar-refractivity contribution >= 4 is 39.9 Å². The molecule has 5 nitrogen and oxygen atoms in total. The van der Waals surface area contributed by atoms with Crippen LogP contribution in [-0.4, -0.2) is 22.0 Å². The van der Waals surface area contributed by atoms with Crippen LogP contribution in [-0.2, 0) is 0 Å². The highest BCUT2D eigenvalue weighted by atomic mass is 35.5. The number of halogens is 1. The first-order chi connectivity index (χ1) is 13.1. The van der Waals surface area contributed by atoms with E-state index in [1.165, 1.54) is 4.90 Å². The number of benzene rings is 3. The molecule has 6 heteroatoms. The molecule has 0 radical (unpaired) electrons. The van der Waals surface area contributed by atoms with E-state index in [0.29, 0.717) is 27.2 Å². The number of aromatic amines is 1. The first kappa shape index (κ1) is 15.8. The van der Waals surface area contributed by atoms with Crippen molar-refractivity contribution in [2.45, 2.75) is 0 Å². The van der Waals surface area contributed by atoms with Gasteiger partial charge in [0.25, 0.3) is 11.8 Å². The molecule has 0 saturated carbocycles. The molecule has 1 aliphatic heterocycles. The lowest BCUT2D eigenvalue weighted by Gasteiger charge is -2.27. The molecule has 1 aliphatic rings. The molecule has 0 saturated heterocycles. The van der Waals surface area contributed by atoms with E-state index in [1.54, 1.807) is 42.6 Å². The van der Waals surface area contributed by atoms with Crippen molar-refractivity contribution in [3.05, 3.63) is 83.0 Å². The average Bonchev–Trinajstić information content (AvgIpc) is 3.20. The van der Waals surface area contributed by atoms with E-state index >= 15 is 0 Å². The number of aromatic nitrogens is 2. The van der Waals surface area contributed by atoms with E-state index in [9.17, 15) is 9.59 Å². The Morgan fingerprint density at radius 2 is 1.59 bits per heavy atom. The van der Waals surface area contributed by atoms with Gasteiger partial charge in [-0.1, -0.05) is 35.9 Å². The summed E-state index contributed by atoms with van der Waals surface area (Å²) in [7, 11) is 0. The number of hydrogen-bond acceptors (Lipinski definition) is 3. The number of anilines is 1. The second-order valence-electron chi connectivity index (χ2n) is 6.28. The second kappa shape index (κ2) is 5.79. The van der Waals surface area contributed by atoms with Crippen molar-refractivity contribution in [2.75, 3.05) is 4.90 Å². The van der Waals surface area contributed by atoms with Gasteiger partial charge < -0.3 is 0 Å². The number of nitrogens with one attached hydrogen (secondary N) is 1. The fourth-order valence-corrected chi connectivity index (χ4v) is 3.77. The normalized spacial score (nSPS) is 13.4. The molecule has 3 aromatic carbocycles. The fourth-order valence-electron chi connectivity index (χ4n) is 3.59. The van der Waals surface area contributed by atoms with Gasteiger partial charge in [-0.15, -0.1) is 0 Å². The predicted molar refractivity (Wildman–Crippen MR) is 104 cm³/mol. The fraction of sp³-hybridized carbons (Fsp3) is 0. The lowest BCUT2D eigenvalue weighted by Crippen LogP contribution is -2.40. The highest BCUT2D eigenvalue weighted by molar-refractivity contribution is 6.37. The molecule has 1 aromatic heterocycles. The summed E-state index contributed by atoms with van der Waals surface area (Å²) < 4.78 is 0. The third kappa shape index (κ3) is 2.29. The number of amides is 2. The summed E-state index contributed by atoms with van der Waals surface area (Å²) in [6, 6.07) is 17.7. The molecular weight excluding hydrogens is 362 g/mol. The second-order valence-corrected chi connectivity index (χ2v) is 6.72. The number of imide groups is 1. The molecule has 2 amide bonds. The van der Waals surface area contributed by atoms with Gasteiger partial charge in [0.05, 0.1) is 11.4 Å². The van der Waals surface area contributed by atoms with Crippen LogP contribution < -0.4 is 4.90 Å². The number of carbonyl (C=O) groups is 2. The molecule has 0 unspecified atom stereocenters. The quantitative estimate of drug-likeness (QED) is 0.518. The minimum Gasteiger partial charge on any atom is -0.278 e. The predicted octanol–water partition coefficient (Wildman–Crippen LogP) is 4.68. The first-order valence-corrected chi connectivity index (χ1v) is 8.73. The number of rotatable bonds is 2. The third-order valence-corrected chi connectivity index (χ3v) is 5.00. The molecule has 0 aliphatic carbocycles. The molecule has 2 heterocycles. The maximum atomic E-state index is 13.2. The number of nitrogens with zero attached hydrogens (tertiary/aromatic N) is 2. The maximum Gasteiger partial charge on any atom is 0.265 e. The largest absolute Gasteiger partial charge is 0.278 e. The summed E-state index contributed by atoms with van der Waals surface area (Å²) in [6.07, 6.45) is 1.67. The van der Waals surface area contributed by atoms with Gasteiger partial charge in [0.1, 0.15) is 0 Å². The van der Waals surface area contributed by atoms with Gasteiger partial charge in [-0.25, -0.2) is 4.90 Å². The average molecular weight is 374 g/mol. The van der Waals surface area contributed by atoms with Crippen LogP contribution in [0.2, 0.25) is 5.02 Å². The lowest BCUT2D eigenvalue weighted by molar-refractivity contribution is 0.0893. The van der Waals surface area contributed by atoms with E-state index < -0.39 is 0 Å². The summed E-state index contributed by atoms with van der Waals surface area (Å²) in [4.78, 5) is 27.5. The third-order valence-electron chi connectivity index (χ3n) is 4.76. The van der Waals surface area contributed by atoms with Crippen molar-refractivity contribution in [1.29, 1.82) is 0 Å². The molecule has 0 bridgehead atoms. The van der Waals surface area contributed by atoms with Gasteiger partial charge in [-0.2, -0.15) is 5.10 Å². The Kier molecular flexibility index (Phi) is 3.39. The Morgan fingerprint density at radius 1 is 0.852 bits per heavy atom. The van der Waals surface area contributed by atoms with Crippen LogP contribution in [0.4, 0.5) is 5.69 Å². The Hall–Kier alpha value is -3.44. The van der Waals surface area contributed by atoms with E-state index in [0.717, 1.165) is 16.6 Å². The smallest absolute Gasteiger partial charge is 0.265 e. The standard InChI is InChI=1S/C21H12ClN3O2/c22-12-3-1-4-13(11-12)25-20(26)16-6-2-5-15-14(18-9-10-23-24-18)7-8-17(19(15)16)21(25)27/h1-11H,(H,23,24). The van der Waals surface area contributed by atoms with Crippen LogP contribution >= 0.6 is 11.6 Å². The zero-order valence-corrected chi connectivity index (χ0v) is 14.7. The van der Waals surface area contributed by atoms with Crippen molar-refractivity contribution in [3.8, 4) is 11.3 Å². The molecule has 130 valence electrons. The number of hydrogen-bond donors (Lipinski definition) is 1. The van der Waals surface area contributed by atoms with E-state index in [2.05, 4.69) is 10.2 Å². The Bertz CT molecular complexity index is 1210. The van der Waals surface area contributed by atoms with Gasteiger partial charge in [0.15, 0.2) is 0 Å². The van der Waals surface area contributed by atoms with Crippen LogP contribution in [0.1, 0.15) is 20.7 Å². The van der Waals surface area contributed by atoms with Gasteiger partial charge in [-0.05, 0) is 41.8 Å². The topological polar surface area (TPSA) is 66.1 Å². The van der Waals surface area contributed by atoms with E-state index in [4.69, 9.17) is 11.6 Å². The molecule has 0 spiro atoms. The molecule has 5 rings (SSSR count). The lowest BCUT2D eigenvalue weighted by atomic mass is 9.90. The monoisotopic (exact) mass is 373 g/mol. The maximum absolute atomic E-state index is 13.2. The minimum absolute atomic E-state index is 0.359. The highest BCUT2D eigenvalue weighted by Gasteiger charge is 2.34. The number of H-pyrrole nitrogens is 1. The summed E-state index contributed by atoms with van der Waals surface area (Å²) in [5.41, 5.74) is 3.16.